The van der Waals surface area contributed by atoms with Gasteiger partial charge in [0.15, 0.2) is 5.96 Å². The van der Waals surface area contributed by atoms with E-state index in [9.17, 15) is 8.42 Å². The van der Waals surface area contributed by atoms with Crippen LogP contribution in [0.2, 0.25) is 0 Å². The number of hydrogen-bond acceptors (Lipinski definition) is 4. The van der Waals surface area contributed by atoms with E-state index >= 15 is 0 Å². The Bertz CT molecular complexity index is 874. The van der Waals surface area contributed by atoms with Gasteiger partial charge in [0.2, 0.25) is 10.0 Å². The molecule has 0 amide bonds. The van der Waals surface area contributed by atoms with Crippen molar-refractivity contribution in [2.45, 2.75) is 17.9 Å². The van der Waals surface area contributed by atoms with E-state index in [0.717, 1.165) is 25.5 Å². The lowest BCUT2D eigenvalue weighted by Crippen LogP contribution is -2.46. The molecule has 0 radical (unpaired) electrons. The summed E-state index contributed by atoms with van der Waals surface area (Å²) in [6.45, 7) is 2.40. The number of pyridine rings is 1. The Morgan fingerprint density at radius 3 is 2.67 bits per heavy atom. The minimum atomic E-state index is -3.54. The topological polar surface area (TPSA) is 86.7 Å². The maximum atomic E-state index is 12.2. The van der Waals surface area contributed by atoms with Crippen LogP contribution in [-0.2, 0) is 23.0 Å². The standard InChI is InChI=1S/C18H23N5O2S.HI/c1-19-18(23-12-8-15-5-2-3-6-16(15)14-23)21-10-11-22-26(24,25)17-7-4-9-20-13-17;/h2-7,9,13,22H,8,10-12,14H2,1H3,(H,19,21);1H. The second-order valence-corrected chi connectivity index (χ2v) is 7.77. The van der Waals surface area contributed by atoms with Crippen molar-refractivity contribution in [3.8, 4) is 0 Å². The Morgan fingerprint density at radius 1 is 1.19 bits per heavy atom. The summed E-state index contributed by atoms with van der Waals surface area (Å²) in [6.07, 6.45) is 3.85. The quantitative estimate of drug-likeness (QED) is 0.282. The maximum absolute atomic E-state index is 12.2. The summed E-state index contributed by atoms with van der Waals surface area (Å²) >= 11 is 0. The summed E-state index contributed by atoms with van der Waals surface area (Å²) in [4.78, 5) is 10.5. The number of guanidine groups is 1. The number of aliphatic imine (C=N–C) groups is 1. The SMILES string of the molecule is CN=C(NCCNS(=O)(=O)c1cccnc1)N1CCc2ccccc2C1.I. The van der Waals surface area contributed by atoms with E-state index in [4.69, 9.17) is 0 Å². The number of fused-ring (bicyclic) bond motifs is 1. The molecule has 2 heterocycles. The molecule has 1 aliphatic heterocycles. The molecule has 0 saturated carbocycles. The number of nitrogens with one attached hydrogen (secondary N) is 2. The molecule has 7 nitrogen and oxygen atoms in total. The molecule has 0 spiro atoms. The van der Waals surface area contributed by atoms with Crippen LogP contribution in [0.15, 0.2) is 58.7 Å². The Hall–Kier alpha value is -1.72. The highest BCUT2D eigenvalue weighted by molar-refractivity contribution is 14.0. The molecule has 1 aliphatic rings. The molecule has 0 bridgehead atoms. The Kier molecular flexibility index (Phi) is 7.99. The van der Waals surface area contributed by atoms with Crippen molar-refractivity contribution in [2.75, 3.05) is 26.7 Å². The highest BCUT2D eigenvalue weighted by atomic mass is 127. The second kappa shape index (κ2) is 10.00. The Labute approximate surface area is 177 Å². The molecule has 0 fully saturated rings. The third-order valence-electron chi connectivity index (χ3n) is 4.29. The normalized spacial score (nSPS) is 14.3. The van der Waals surface area contributed by atoms with Crippen LogP contribution in [0.25, 0.3) is 0 Å². The third kappa shape index (κ3) is 5.63. The number of rotatable bonds is 5. The van der Waals surface area contributed by atoms with E-state index in [-0.39, 0.29) is 35.4 Å². The van der Waals surface area contributed by atoms with Gasteiger partial charge in [-0.05, 0) is 29.7 Å². The van der Waals surface area contributed by atoms with Gasteiger partial charge in [-0.1, -0.05) is 24.3 Å². The molecule has 27 heavy (non-hydrogen) atoms. The van der Waals surface area contributed by atoms with E-state index in [2.05, 4.69) is 43.1 Å². The van der Waals surface area contributed by atoms with Crippen LogP contribution in [0, 0.1) is 0 Å². The summed E-state index contributed by atoms with van der Waals surface area (Å²) in [6, 6.07) is 11.5. The molecule has 2 aromatic rings. The first-order valence-electron chi connectivity index (χ1n) is 8.52. The van der Waals surface area contributed by atoms with Crippen LogP contribution in [0.1, 0.15) is 11.1 Å². The van der Waals surface area contributed by atoms with Crippen LogP contribution in [0.3, 0.4) is 0 Å². The summed E-state index contributed by atoms with van der Waals surface area (Å²) in [5, 5.41) is 3.23. The van der Waals surface area contributed by atoms with Crippen LogP contribution in [-0.4, -0.2) is 50.9 Å². The van der Waals surface area contributed by atoms with Crippen molar-refractivity contribution in [3.05, 3.63) is 59.9 Å². The van der Waals surface area contributed by atoms with Crippen LogP contribution in [0.5, 0.6) is 0 Å². The van der Waals surface area contributed by atoms with Crippen LogP contribution in [0.4, 0.5) is 0 Å². The highest BCUT2D eigenvalue weighted by Crippen LogP contribution is 2.18. The van der Waals surface area contributed by atoms with Gasteiger partial charge in [0.05, 0.1) is 0 Å². The molecule has 9 heteroatoms. The number of benzene rings is 1. The second-order valence-electron chi connectivity index (χ2n) is 6.00. The average molecular weight is 501 g/mol. The predicted molar refractivity (Wildman–Crippen MR) is 117 cm³/mol. The third-order valence-corrected chi connectivity index (χ3v) is 5.73. The molecule has 1 aromatic heterocycles. The number of hydrogen-bond donors (Lipinski definition) is 2. The van der Waals surface area contributed by atoms with Gasteiger partial charge in [-0.25, -0.2) is 13.1 Å². The van der Waals surface area contributed by atoms with E-state index in [1.54, 1.807) is 19.3 Å². The summed E-state index contributed by atoms with van der Waals surface area (Å²) < 4.78 is 26.9. The zero-order valence-electron chi connectivity index (χ0n) is 15.1. The molecule has 0 aliphatic carbocycles. The molecule has 1 aromatic carbocycles. The van der Waals surface area contributed by atoms with Gasteiger partial charge >= 0.3 is 0 Å². The first-order chi connectivity index (χ1) is 12.6. The molecule has 0 atom stereocenters. The van der Waals surface area contributed by atoms with Gasteiger partial charge in [-0.3, -0.25) is 9.98 Å². The first-order valence-corrected chi connectivity index (χ1v) is 10.0. The fourth-order valence-electron chi connectivity index (χ4n) is 2.96. The zero-order chi connectivity index (χ0) is 18.4. The van der Waals surface area contributed by atoms with E-state index < -0.39 is 10.0 Å². The lowest BCUT2D eigenvalue weighted by molar-refractivity contribution is 0.379. The maximum Gasteiger partial charge on any atom is 0.242 e. The molecule has 0 saturated heterocycles. The minimum Gasteiger partial charge on any atom is -0.355 e. The van der Waals surface area contributed by atoms with Crippen LogP contribution < -0.4 is 10.0 Å². The van der Waals surface area contributed by atoms with Gasteiger partial charge in [0, 0.05) is 45.6 Å². The van der Waals surface area contributed by atoms with Gasteiger partial charge in [0.1, 0.15) is 4.90 Å². The molecule has 3 rings (SSSR count). The van der Waals surface area contributed by atoms with Crippen molar-refractivity contribution in [3.63, 3.8) is 0 Å². The smallest absolute Gasteiger partial charge is 0.242 e. The lowest BCUT2D eigenvalue weighted by Gasteiger charge is -2.31. The molecule has 0 unspecified atom stereocenters. The fourth-order valence-corrected chi connectivity index (χ4v) is 3.95. The number of nitrogens with zero attached hydrogens (tertiary/aromatic N) is 3. The summed E-state index contributed by atoms with van der Waals surface area (Å²) in [5.74, 6) is 0.778. The summed E-state index contributed by atoms with van der Waals surface area (Å²) in [5.41, 5.74) is 2.68. The lowest BCUT2D eigenvalue weighted by atomic mass is 10.0. The average Bonchev–Trinajstić information content (AvgIpc) is 2.68. The van der Waals surface area contributed by atoms with Crippen molar-refractivity contribution in [1.29, 1.82) is 0 Å². The Balaban J connectivity index is 0.00000261. The van der Waals surface area contributed by atoms with Gasteiger partial charge in [-0.2, -0.15) is 0 Å². The predicted octanol–water partition coefficient (Wildman–Crippen LogP) is 1.61. The van der Waals surface area contributed by atoms with Gasteiger partial charge < -0.3 is 10.2 Å². The first kappa shape index (κ1) is 21.6. The molecular formula is C18H24IN5O2S. The molecular weight excluding hydrogens is 477 g/mol. The largest absolute Gasteiger partial charge is 0.355 e. The number of halogens is 1. The Morgan fingerprint density at radius 2 is 1.96 bits per heavy atom. The van der Waals surface area contributed by atoms with Crippen molar-refractivity contribution >= 4 is 40.0 Å². The molecule has 2 N–H and O–H groups in total. The fraction of sp³-hybridized carbons (Fsp3) is 0.333. The summed E-state index contributed by atoms with van der Waals surface area (Å²) in [7, 11) is -1.80. The number of aromatic nitrogens is 1. The van der Waals surface area contributed by atoms with E-state index in [1.807, 2.05) is 6.07 Å². The van der Waals surface area contributed by atoms with Crippen molar-refractivity contribution in [1.82, 2.24) is 19.9 Å². The van der Waals surface area contributed by atoms with Crippen LogP contribution >= 0.6 is 24.0 Å². The van der Waals surface area contributed by atoms with Gasteiger partial charge in [0.25, 0.3) is 0 Å². The minimum absolute atomic E-state index is 0. The highest BCUT2D eigenvalue weighted by Gasteiger charge is 2.19. The number of sulfonamides is 1. The monoisotopic (exact) mass is 501 g/mol. The van der Waals surface area contributed by atoms with E-state index in [1.165, 1.54) is 23.4 Å². The molecule has 146 valence electrons. The zero-order valence-corrected chi connectivity index (χ0v) is 18.3. The van der Waals surface area contributed by atoms with Crippen molar-refractivity contribution < 1.29 is 8.42 Å². The van der Waals surface area contributed by atoms with Crippen molar-refractivity contribution in [2.24, 2.45) is 4.99 Å². The van der Waals surface area contributed by atoms with E-state index in [0.29, 0.717) is 6.54 Å². The van der Waals surface area contributed by atoms with Gasteiger partial charge in [-0.15, -0.1) is 24.0 Å².